The van der Waals surface area contributed by atoms with Gasteiger partial charge in [0, 0.05) is 5.92 Å². The Hall–Kier alpha value is -2.22. The highest BCUT2D eigenvalue weighted by atomic mass is 16.6. The maximum atomic E-state index is 10.8. The van der Waals surface area contributed by atoms with Crippen LogP contribution in [0.2, 0.25) is 0 Å². The summed E-state index contributed by atoms with van der Waals surface area (Å²) in [4.78, 5) is 17.5. The van der Waals surface area contributed by atoms with Crippen molar-refractivity contribution in [2.45, 2.75) is 6.04 Å². The molecule has 1 heterocycles. The monoisotopic (exact) mass is 237 g/mol. The number of nitrogen functional groups attached to an aromatic ring is 1. The molecule has 0 aliphatic heterocycles. The molecule has 0 saturated carbocycles. The number of aromatic nitrogens is 2. The van der Waals surface area contributed by atoms with Gasteiger partial charge in [0.1, 0.15) is 6.33 Å². The molecule has 2 atom stereocenters. The number of aliphatic hydroxyl groups excluding tert-OH is 1. The van der Waals surface area contributed by atoms with E-state index in [1.165, 1.54) is 0 Å². The molecule has 1 aromatic heterocycles. The predicted octanol–water partition coefficient (Wildman–Crippen LogP) is -0.0742. The van der Waals surface area contributed by atoms with Crippen molar-refractivity contribution in [3.05, 3.63) is 28.6 Å². The Kier molecular flexibility index (Phi) is 2.88. The van der Waals surface area contributed by atoms with Gasteiger partial charge in [0.05, 0.1) is 17.6 Å². The van der Waals surface area contributed by atoms with Crippen molar-refractivity contribution >= 4 is 17.3 Å². The average Bonchev–Trinajstić information content (AvgIpc) is 2.24. The van der Waals surface area contributed by atoms with Crippen molar-refractivity contribution in [3.63, 3.8) is 0 Å². The smallest absolute Gasteiger partial charge is 0.353 e. The van der Waals surface area contributed by atoms with E-state index in [9.17, 15) is 10.1 Å². The van der Waals surface area contributed by atoms with E-state index < -0.39 is 4.92 Å². The lowest BCUT2D eigenvalue weighted by Gasteiger charge is -2.28. The summed E-state index contributed by atoms with van der Waals surface area (Å²) < 4.78 is 0. The van der Waals surface area contributed by atoms with E-state index in [4.69, 9.17) is 10.8 Å². The highest BCUT2D eigenvalue weighted by Gasteiger charge is 2.28. The van der Waals surface area contributed by atoms with Gasteiger partial charge in [-0.05, 0) is 0 Å². The van der Waals surface area contributed by atoms with E-state index in [2.05, 4.69) is 15.3 Å². The van der Waals surface area contributed by atoms with Gasteiger partial charge in [0.2, 0.25) is 11.6 Å². The van der Waals surface area contributed by atoms with Gasteiger partial charge in [-0.15, -0.1) is 0 Å². The van der Waals surface area contributed by atoms with Gasteiger partial charge in [-0.1, -0.05) is 12.2 Å². The molecule has 8 heteroatoms. The van der Waals surface area contributed by atoms with Gasteiger partial charge in [0.15, 0.2) is 0 Å². The second-order valence-electron chi connectivity index (χ2n) is 3.61. The molecule has 0 amide bonds. The molecule has 17 heavy (non-hydrogen) atoms. The zero-order chi connectivity index (χ0) is 12.4. The van der Waals surface area contributed by atoms with E-state index in [0.717, 1.165) is 6.33 Å². The Labute approximate surface area is 96.3 Å². The Balaban J connectivity index is 2.24. The van der Waals surface area contributed by atoms with Crippen LogP contribution in [0.1, 0.15) is 0 Å². The van der Waals surface area contributed by atoms with Gasteiger partial charge in [-0.3, -0.25) is 10.1 Å². The number of anilines is 2. The fourth-order valence-electron chi connectivity index (χ4n) is 1.54. The standard InChI is InChI=1S/C9H11N5O3/c10-8-7(14(16)17)9(12-4-11-8)13-6-2-1-5(6)3-15/h1-2,4-6,15H,3H2,(H3,10,11,12,13)/t5-,6-/m0/s1. The summed E-state index contributed by atoms with van der Waals surface area (Å²) in [5, 5.41) is 22.7. The minimum atomic E-state index is -0.631. The molecular formula is C9H11N5O3. The number of hydrogen-bond donors (Lipinski definition) is 3. The van der Waals surface area contributed by atoms with E-state index in [1.54, 1.807) is 6.08 Å². The van der Waals surface area contributed by atoms with Crippen molar-refractivity contribution in [1.29, 1.82) is 0 Å². The first kappa shape index (κ1) is 11.3. The number of nitrogens with zero attached hydrogens (tertiary/aromatic N) is 3. The highest BCUT2D eigenvalue weighted by molar-refractivity contribution is 5.68. The van der Waals surface area contributed by atoms with Crippen LogP contribution in [0.25, 0.3) is 0 Å². The fourth-order valence-corrected chi connectivity index (χ4v) is 1.54. The van der Waals surface area contributed by atoms with Crippen LogP contribution < -0.4 is 11.1 Å². The molecule has 4 N–H and O–H groups in total. The average molecular weight is 237 g/mol. The SMILES string of the molecule is Nc1ncnc(N[C@H]2C=C[C@H]2CO)c1[N+](=O)[O-]. The summed E-state index contributed by atoms with van der Waals surface area (Å²) >= 11 is 0. The lowest BCUT2D eigenvalue weighted by molar-refractivity contribution is -0.383. The van der Waals surface area contributed by atoms with Crippen molar-refractivity contribution in [1.82, 2.24) is 9.97 Å². The number of nitrogens with one attached hydrogen (secondary N) is 1. The first-order valence-corrected chi connectivity index (χ1v) is 4.94. The zero-order valence-corrected chi connectivity index (χ0v) is 8.78. The van der Waals surface area contributed by atoms with Crippen molar-refractivity contribution in [2.75, 3.05) is 17.7 Å². The molecule has 0 unspecified atom stereocenters. The first-order chi connectivity index (χ1) is 8.13. The summed E-state index contributed by atoms with van der Waals surface area (Å²) in [6, 6.07) is -0.173. The van der Waals surface area contributed by atoms with Crippen LogP contribution in [0.15, 0.2) is 18.5 Å². The first-order valence-electron chi connectivity index (χ1n) is 4.94. The van der Waals surface area contributed by atoms with Crippen molar-refractivity contribution in [3.8, 4) is 0 Å². The number of hydrogen-bond acceptors (Lipinski definition) is 7. The molecule has 0 fully saturated rings. The van der Waals surface area contributed by atoms with Crippen LogP contribution in [0, 0.1) is 16.0 Å². The molecule has 0 aromatic carbocycles. The van der Waals surface area contributed by atoms with E-state index in [1.807, 2.05) is 6.08 Å². The topological polar surface area (TPSA) is 127 Å². The Morgan fingerprint density at radius 2 is 2.29 bits per heavy atom. The molecular weight excluding hydrogens is 226 g/mol. The quantitative estimate of drug-likeness (QED) is 0.379. The van der Waals surface area contributed by atoms with Crippen LogP contribution in [0.4, 0.5) is 17.3 Å². The van der Waals surface area contributed by atoms with Crippen molar-refractivity contribution < 1.29 is 10.0 Å². The summed E-state index contributed by atoms with van der Waals surface area (Å²) in [5.74, 6) is -0.183. The Bertz CT molecular complexity index is 476. The van der Waals surface area contributed by atoms with Crippen LogP contribution in [0.5, 0.6) is 0 Å². The summed E-state index contributed by atoms with van der Waals surface area (Å²) in [6.07, 6.45) is 4.76. The summed E-state index contributed by atoms with van der Waals surface area (Å²) in [7, 11) is 0. The molecule has 0 bridgehead atoms. The van der Waals surface area contributed by atoms with Gasteiger partial charge in [-0.2, -0.15) is 0 Å². The van der Waals surface area contributed by atoms with E-state index in [0.29, 0.717) is 0 Å². The van der Waals surface area contributed by atoms with Gasteiger partial charge < -0.3 is 16.2 Å². The minimum absolute atomic E-state index is 0.0253. The molecule has 2 rings (SSSR count). The largest absolute Gasteiger partial charge is 0.396 e. The van der Waals surface area contributed by atoms with Crippen LogP contribution in [-0.2, 0) is 0 Å². The molecule has 0 radical (unpaired) electrons. The third kappa shape index (κ3) is 2.02. The summed E-state index contributed by atoms with van der Waals surface area (Å²) in [5.41, 5.74) is 5.08. The van der Waals surface area contributed by atoms with Crippen molar-refractivity contribution in [2.24, 2.45) is 5.92 Å². The van der Waals surface area contributed by atoms with E-state index in [-0.39, 0.29) is 35.9 Å². The van der Waals surface area contributed by atoms with E-state index >= 15 is 0 Å². The number of nitro groups is 1. The second-order valence-corrected chi connectivity index (χ2v) is 3.61. The molecule has 0 spiro atoms. The predicted molar refractivity (Wildman–Crippen MR) is 60.2 cm³/mol. The lowest BCUT2D eigenvalue weighted by atomic mass is 9.90. The zero-order valence-electron chi connectivity index (χ0n) is 8.78. The van der Waals surface area contributed by atoms with Crippen LogP contribution >= 0.6 is 0 Å². The van der Waals surface area contributed by atoms with Crippen LogP contribution in [0.3, 0.4) is 0 Å². The third-order valence-corrected chi connectivity index (χ3v) is 2.57. The minimum Gasteiger partial charge on any atom is -0.396 e. The Morgan fingerprint density at radius 1 is 1.53 bits per heavy atom. The molecule has 1 aliphatic carbocycles. The number of nitrogens with two attached hydrogens (primary N) is 1. The highest BCUT2D eigenvalue weighted by Crippen LogP contribution is 2.29. The second kappa shape index (κ2) is 4.34. The molecule has 90 valence electrons. The summed E-state index contributed by atoms with van der Waals surface area (Å²) in [6.45, 7) is -0.0253. The Morgan fingerprint density at radius 3 is 2.82 bits per heavy atom. The number of rotatable bonds is 4. The molecule has 1 aliphatic rings. The number of aliphatic hydroxyl groups is 1. The molecule has 0 saturated heterocycles. The van der Waals surface area contributed by atoms with Crippen LogP contribution in [-0.4, -0.2) is 32.6 Å². The lowest BCUT2D eigenvalue weighted by Crippen LogP contribution is -2.35. The van der Waals surface area contributed by atoms with Gasteiger partial charge in [0.25, 0.3) is 0 Å². The normalized spacial score (nSPS) is 21.9. The van der Waals surface area contributed by atoms with Gasteiger partial charge >= 0.3 is 5.69 Å². The molecule has 8 nitrogen and oxygen atoms in total. The fraction of sp³-hybridized carbons (Fsp3) is 0.333. The maximum absolute atomic E-state index is 10.8. The van der Waals surface area contributed by atoms with Gasteiger partial charge in [-0.25, -0.2) is 9.97 Å². The molecule has 1 aromatic rings. The maximum Gasteiger partial charge on any atom is 0.353 e. The third-order valence-electron chi connectivity index (χ3n) is 2.57.